The number of carbonyl (C=O) groups is 1. The maximum atomic E-state index is 11.4. The van der Waals surface area contributed by atoms with Crippen molar-refractivity contribution >= 4 is 12.0 Å². The molecule has 1 aliphatic rings. The monoisotopic (exact) mass is 260 g/mol. The molecule has 1 fully saturated rings. The van der Waals surface area contributed by atoms with Gasteiger partial charge in [0, 0.05) is 11.8 Å². The summed E-state index contributed by atoms with van der Waals surface area (Å²) in [6.07, 6.45) is 11.2. The van der Waals surface area contributed by atoms with Gasteiger partial charge in [-0.1, -0.05) is 31.1 Å². The molecule has 0 aliphatic heterocycles. The van der Waals surface area contributed by atoms with Crippen molar-refractivity contribution in [1.29, 1.82) is 0 Å². The van der Waals surface area contributed by atoms with E-state index in [2.05, 4.69) is 22.2 Å². The lowest BCUT2D eigenvalue weighted by atomic mass is 9.96. The van der Waals surface area contributed by atoms with E-state index >= 15 is 0 Å². The van der Waals surface area contributed by atoms with E-state index in [1.807, 2.05) is 10.9 Å². The van der Waals surface area contributed by atoms with Crippen LogP contribution in [-0.2, 0) is 4.79 Å². The predicted octanol–water partition coefficient (Wildman–Crippen LogP) is 2.45. The second-order valence-electron chi connectivity index (χ2n) is 5.02. The summed E-state index contributed by atoms with van der Waals surface area (Å²) in [6.45, 7) is 5.36. The molecule has 1 aliphatic carbocycles. The molecule has 0 bridgehead atoms. The number of allylic oxidation sites excluding steroid dienone is 1. The van der Waals surface area contributed by atoms with Gasteiger partial charge in [0.05, 0.1) is 12.2 Å². The lowest BCUT2D eigenvalue weighted by molar-refractivity contribution is -0.115. The molecular formula is C14H20N4O. The Labute approximate surface area is 113 Å². The van der Waals surface area contributed by atoms with Gasteiger partial charge < -0.3 is 5.32 Å². The fraction of sp³-hybridized carbons (Fsp3) is 0.500. The number of nitrogens with zero attached hydrogens (tertiary/aromatic N) is 3. The molecular weight excluding hydrogens is 240 g/mol. The first-order chi connectivity index (χ1) is 9.15. The summed E-state index contributed by atoms with van der Waals surface area (Å²) in [5.74, 6) is -0.195. The molecule has 1 aromatic heterocycles. The maximum Gasteiger partial charge on any atom is 0.248 e. The van der Waals surface area contributed by atoms with Crippen LogP contribution in [0.1, 0.15) is 50.8 Å². The number of hydrogen-bond donors (Lipinski definition) is 1. The van der Waals surface area contributed by atoms with Crippen molar-refractivity contribution in [3.8, 4) is 0 Å². The minimum Gasteiger partial charge on any atom is -0.327 e. The molecule has 0 spiro atoms. The molecule has 2 rings (SSSR count). The van der Waals surface area contributed by atoms with Crippen molar-refractivity contribution in [3.05, 3.63) is 30.2 Å². The maximum absolute atomic E-state index is 11.4. The summed E-state index contributed by atoms with van der Waals surface area (Å²) in [6, 6.07) is 0.465. The topological polar surface area (TPSA) is 59.8 Å². The van der Waals surface area contributed by atoms with Crippen molar-refractivity contribution in [2.75, 3.05) is 0 Å². The molecule has 19 heavy (non-hydrogen) atoms. The second-order valence-corrected chi connectivity index (χ2v) is 5.02. The number of carbonyl (C=O) groups excluding carboxylic acids is 1. The van der Waals surface area contributed by atoms with Gasteiger partial charge in [-0.3, -0.25) is 4.79 Å². The average Bonchev–Trinajstić information content (AvgIpc) is 2.85. The van der Waals surface area contributed by atoms with E-state index in [-0.39, 0.29) is 5.91 Å². The van der Waals surface area contributed by atoms with Gasteiger partial charge >= 0.3 is 0 Å². The van der Waals surface area contributed by atoms with E-state index in [4.69, 9.17) is 0 Å². The molecule has 0 aromatic carbocycles. The quantitative estimate of drug-likeness (QED) is 0.846. The van der Waals surface area contributed by atoms with E-state index in [9.17, 15) is 4.79 Å². The first kappa shape index (κ1) is 13.5. The van der Waals surface area contributed by atoms with E-state index in [0.717, 1.165) is 0 Å². The van der Waals surface area contributed by atoms with Gasteiger partial charge in [-0.15, -0.1) is 5.10 Å². The molecule has 1 heterocycles. The van der Waals surface area contributed by atoms with E-state index in [1.54, 1.807) is 13.0 Å². The van der Waals surface area contributed by atoms with E-state index in [0.29, 0.717) is 17.4 Å². The van der Waals surface area contributed by atoms with E-state index in [1.165, 1.54) is 38.2 Å². The standard InChI is InChI=1S/C14H20N4O/c1-11(2)15-14(19)9-8-12-10-18(17-16-12)13-6-4-3-5-7-13/h8-10,13H,1,3-7H2,2H3,(H,15,19)/b9-8-. The number of rotatable bonds is 4. The molecule has 1 aromatic rings. The molecule has 102 valence electrons. The van der Waals surface area contributed by atoms with Crippen molar-refractivity contribution in [2.24, 2.45) is 0 Å². The molecule has 5 heteroatoms. The zero-order valence-corrected chi connectivity index (χ0v) is 11.3. The highest BCUT2D eigenvalue weighted by molar-refractivity contribution is 5.92. The normalized spacial score (nSPS) is 16.7. The first-order valence-electron chi connectivity index (χ1n) is 6.71. The van der Waals surface area contributed by atoms with Crippen LogP contribution in [0.3, 0.4) is 0 Å². The van der Waals surface area contributed by atoms with Gasteiger partial charge in [-0.25, -0.2) is 4.68 Å². The van der Waals surface area contributed by atoms with Crippen LogP contribution in [0.15, 0.2) is 24.5 Å². The Morgan fingerprint density at radius 3 is 2.89 bits per heavy atom. The van der Waals surface area contributed by atoms with E-state index < -0.39 is 0 Å². The van der Waals surface area contributed by atoms with Crippen molar-refractivity contribution in [2.45, 2.75) is 45.1 Å². The third kappa shape index (κ3) is 4.05. The Kier molecular flexibility index (Phi) is 4.49. The number of nitrogens with one attached hydrogen (secondary N) is 1. The molecule has 1 N–H and O–H groups in total. The molecule has 0 saturated heterocycles. The van der Waals surface area contributed by atoms with Crippen molar-refractivity contribution in [3.63, 3.8) is 0 Å². The zero-order valence-electron chi connectivity index (χ0n) is 11.3. The Balaban J connectivity index is 1.95. The summed E-state index contributed by atoms with van der Waals surface area (Å²) in [5, 5.41) is 10.8. The highest BCUT2D eigenvalue weighted by Crippen LogP contribution is 2.27. The number of hydrogen-bond acceptors (Lipinski definition) is 3. The van der Waals surface area contributed by atoms with Crippen LogP contribution in [0.2, 0.25) is 0 Å². The third-order valence-corrected chi connectivity index (χ3v) is 3.22. The van der Waals surface area contributed by atoms with Crippen molar-refractivity contribution in [1.82, 2.24) is 20.3 Å². The van der Waals surface area contributed by atoms with Crippen LogP contribution < -0.4 is 5.32 Å². The Hall–Kier alpha value is -1.91. The third-order valence-electron chi connectivity index (χ3n) is 3.22. The van der Waals surface area contributed by atoms with Gasteiger partial charge in [0.25, 0.3) is 0 Å². The van der Waals surface area contributed by atoms with Crippen LogP contribution in [0.5, 0.6) is 0 Å². The zero-order chi connectivity index (χ0) is 13.7. The van der Waals surface area contributed by atoms with Crippen LogP contribution in [0, 0.1) is 0 Å². The van der Waals surface area contributed by atoms with Crippen LogP contribution in [-0.4, -0.2) is 20.9 Å². The molecule has 0 unspecified atom stereocenters. The second kappa shape index (κ2) is 6.31. The largest absolute Gasteiger partial charge is 0.327 e. The summed E-state index contributed by atoms with van der Waals surface area (Å²) in [5.41, 5.74) is 1.34. The predicted molar refractivity (Wildman–Crippen MR) is 74.1 cm³/mol. The summed E-state index contributed by atoms with van der Waals surface area (Å²) >= 11 is 0. The minimum absolute atomic E-state index is 0.195. The smallest absolute Gasteiger partial charge is 0.248 e. The van der Waals surface area contributed by atoms with Gasteiger partial charge in [0.2, 0.25) is 5.91 Å². The molecule has 0 radical (unpaired) electrons. The Morgan fingerprint density at radius 2 is 2.21 bits per heavy atom. The summed E-state index contributed by atoms with van der Waals surface area (Å²) in [7, 11) is 0. The number of aromatic nitrogens is 3. The molecule has 1 amide bonds. The van der Waals surface area contributed by atoms with Gasteiger partial charge in [-0.05, 0) is 25.8 Å². The average molecular weight is 260 g/mol. The lowest BCUT2D eigenvalue weighted by Crippen LogP contribution is -2.17. The number of amides is 1. The Morgan fingerprint density at radius 1 is 1.47 bits per heavy atom. The highest BCUT2D eigenvalue weighted by atomic mass is 16.1. The fourth-order valence-electron chi connectivity index (χ4n) is 2.30. The SMILES string of the molecule is C=C(C)NC(=O)/C=C\c1cn(C2CCCCC2)nn1. The van der Waals surface area contributed by atoms with Crippen LogP contribution in [0.25, 0.3) is 6.08 Å². The first-order valence-corrected chi connectivity index (χ1v) is 6.71. The lowest BCUT2D eigenvalue weighted by Gasteiger charge is -2.20. The van der Waals surface area contributed by atoms with Gasteiger partial charge in [-0.2, -0.15) is 0 Å². The van der Waals surface area contributed by atoms with Crippen LogP contribution in [0.4, 0.5) is 0 Å². The minimum atomic E-state index is -0.195. The van der Waals surface area contributed by atoms with Crippen molar-refractivity contribution < 1.29 is 4.79 Å². The van der Waals surface area contributed by atoms with Gasteiger partial charge in [0.15, 0.2) is 0 Å². The highest BCUT2D eigenvalue weighted by Gasteiger charge is 2.16. The molecule has 5 nitrogen and oxygen atoms in total. The Bertz CT molecular complexity index is 483. The fourth-order valence-corrected chi connectivity index (χ4v) is 2.30. The summed E-state index contributed by atoms with van der Waals surface area (Å²) in [4.78, 5) is 11.4. The molecule has 1 saturated carbocycles. The summed E-state index contributed by atoms with van der Waals surface area (Å²) < 4.78 is 1.93. The van der Waals surface area contributed by atoms with Crippen LogP contribution >= 0.6 is 0 Å². The van der Waals surface area contributed by atoms with Gasteiger partial charge in [0.1, 0.15) is 5.69 Å². The molecule has 0 atom stereocenters.